The molecule has 72 valence electrons. The van der Waals surface area contributed by atoms with Crippen molar-refractivity contribution in [1.29, 1.82) is 0 Å². The van der Waals surface area contributed by atoms with Crippen LogP contribution in [0.3, 0.4) is 0 Å². The van der Waals surface area contributed by atoms with Gasteiger partial charge in [-0.25, -0.2) is 4.79 Å². The molecule has 0 bridgehead atoms. The molecule has 1 aliphatic rings. The second kappa shape index (κ2) is 3.54. The third-order valence-electron chi connectivity index (χ3n) is 2.12. The highest BCUT2D eigenvalue weighted by Crippen LogP contribution is 2.28. The molecule has 1 aliphatic heterocycles. The van der Waals surface area contributed by atoms with Gasteiger partial charge in [-0.15, -0.1) is 0 Å². The summed E-state index contributed by atoms with van der Waals surface area (Å²) in [5.74, 6) is 0.198. The zero-order valence-electron chi connectivity index (χ0n) is 7.82. The molecule has 0 atom stereocenters. The van der Waals surface area contributed by atoms with Gasteiger partial charge in [0, 0.05) is 11.1 Å². The van der Waals surface area contributed by atoms with Gasteiger partial charge in [-0.2, -0.15) is 0 Å². The van der Waals surface area contributed by atoms with E-state index in [-0.39, 0.29) is 0 Å². The normalized spacial score (nSPS) is 16.2. The molecule has 0 amide bonds. The van der Waals surface area contributed by atoms with E-state index in [9.17, 15) is 4.79 Å². The van der Waals surface area contributed by atoms with E-state index in [4.69, 9.17) is 4.74 Å². The Kier molecular flexibility index (Phi) is 2.23. The molecule has 0 unspecified atom stereocenters. The molecule has 3 nitrogen and oxygen atoms in total. The van der Waals surface area contributed by atoms with Gasteiger partial charge >= 0.3 is 5.97 Å². The van der Waals surface area contributed by atoms with Crippen LogP contribution >= 0.6 is 0 Å². The second-order valence-corrected chi connectivity index (χ2v) is 2.98. The van der Waals surface area contributed by atoms with Crippen molar-refractivity contribution < 1.29 is 14.3 Å². The van der Waals surface area contributed by atoms with Crippen LogP contribution in [0.1, 0.15) is 11.1 Å². The van der Waals surface area contributed by atoms with Crippen LogP contribution in [0.2, 0.25) is 0 Å². The maximum absolute atomic E-state index is 11.0. The fourth-order valence-electron chi connectivity index (χ4n) is 1.41. The molecular formula is C11H10O3. The zero-order chi connectivity index (χ0) is 9.97. The third kappa shape index (κ3) is 1.48. The van der Waals surface area contributed by atoms with E-state index in [0.29, 0.717) is 12.4 Å². The SMILES string of the molecule is COC(=O)/C=C1/OCc2ccccc21. The Balaban J connectivity index is 2.35. The number of hydrogen-bond acceptors (Lipinski definition) is 3. The van der Waals surface area contributed by atoms with Crippen LogP contribution in [-0.2, 0) is 20.9 Å². The van der Waals surface area contributed by atoms with E-state index in [1.807, 2.05) is 24.3 Å². The number of benzene rings is 1. The molecule has 0 aliphatic carbocycles. The van der Waals surface area contributed by atoms with Crippen LogP contribution < -0.4 is 0 Å². The van der Waals surface area contributed by atoms with Crippen molar-refractivity contribution in [2.24, 2.45) is 0 Å². The summed E-state index contributed by atoms with van der Waals surface area (Å²) in [5.41, 5.74) is 2.07. The number of ether oxygens (including phenoxy) is 2. The molecule has 1 aromatic rings. The maximum atomic E-state index is 11.0. The molecule has 0 fully saturated rings. The summed E-state index contributed by atoms with van der Waals surface area (Å²) in [4.78, 5) is 11.0. The van der Waals surface area contributed by atoms with E-state index >= 15 is 0 Å². The summed E-state index contributed by atoms with van der Waals surface area (Å²) in [6.07, 6.45) is 1.37. The minimum Gasteiger partial charge on any atom is -0.488 e. The Labute approximate surface area is 81.9 Å². The maximum Gasteiger partial charge on any atom is 0.334 e. The van der Waals surface area contributed by atoms with Crippen LogP contribution in [-0.4, -0.2) is 13.1 Å². The number of methoxy groups -OCH3 is 1. The Morgan fingerprint density at radius 1 is 1.50 bits per heavy atom. The van der Waals surface area contributed by atoms with Crippen LogP contribution in [0.25, 0.3) is 5.76 Å². The number of carbonyl (C=O) groups excluding carboxylic acids is 1. The Morgan fingerprint density at radius 3 is 3.07 bits per heavy atom. The van der Waals surface area contributed by atoms with Crippen molar-refractivity contribution in [1.82, 2.24) is 0 Å². The second-order valence-electron chi connectivity index (χ2n) is 2.98. The molecule has 0 spiro atoms. The molecule has 0 saturated heterocycles. The molecule has 1 heterocycles. The number of hydrogen-bond donors (Lipinski definition) is 0. The van der Waals surface area contributed by atoms with Crippen molar-refractivity contribution in [3.8, 4) is 0 Å². The summed E-state index contributed by atoms with van der Waals surface area (Å²) in [6.45, 7) is 0.527. The van der Waals surface area contributed by atoms with Crippen molar-refractivity contribution >= 4 is 11.7 Å². The predicted molar refractivity (Wildman–Crippen MR) is 51.2 cm³/mol. The predicted octanol–water partition coefficient (Wildman–Crippen LogP) is 1.73. The summed E-state index contributed by atoms with van der Waals surface area (Å²) in [6, 6.07) is 7.77. The van der Waals surface area contributed by atoms with E-state index in [0.717, 1.165) is 11.1 Å². The molecule has 0 N–H and O–H groups in total. The summed E-state index contributed by atoms with van der Waals surface area (Å²) < 4.78 is 9.89. The van der Waals surface area contributed by atoms with Crippen LogP contribution in [0.4, 0.5) is 0 Å². The summed E-state index contributed by atoms with van der Waals surface area (Å²) in [5, 5.41) is 0. The average Bonchev–Trinajstić information content (AvgIpc) is 2.62. The first-order valence-corrected chi connectivity index (χ1v) is 4.32. The minimum atomic E-state index is -0.392. The van der Waals surface area contributed by atoms with Gasteiger partial charge in [-0.1, -0.05) is 24.3 Å². The van der Waals surface area contributed by atoms with Crippen molar-refractivity contribution in [3.05, 3.63) is 41.5 Å². The number of fused-ring (bicyclic) bond motifs is 1. The first-order valence-electron chi connectivity index (χ1n) is 4.32. The van der Waals surface area contributed by atoms with E-state index in [1.165, 1.54) is 13.2 Å². The van der Waals surface area contributed by atoms with E-state index in [2.05, 4.69) is 4.74 Å². The standard InChI is InChI=1S/C11H10O3/c1-13-11(12)6-10-9-5-3-2-4-8(9)7-14-10/h2-6H,7H2,1H3/b10-6+. The lowest BCUT2D eigenvalue weighted by Crippen LogP contribution is -1.96. The molecule has 0 saturated carbocycles. The number of carbonyl (C=O) groups is 1. The van der Waals surface area contributed by atoms with Gasteiger partial charge in [-0.05, 0) is 0 Å². The Bertz CT molecular complexity index is 393. The average molecular weight is 190 g/mol. The highest BCUT2D eigenvalue weighted by atomic mass is 16.5. The van der Waals surface area contributed by atoms with Gasteiger partial charge in [0.15, 0.2) is 0 Å². The van der Waals surface area contributed by atoms with Crippen LogP contribution in [0, 0.1) is 0 Å². The lowest BCUT2D eigenvalue weighted by Gasteiger charge is -1.98. The Morgan fingerprint density at radius 2 is 2.29 bits per heavy atom. The number of rotatable bonds is 1. The third-order valence-corrected chi connectivity index (χ3v) is 2.12. The highest BCUT2D eigenvalue weighted by Gasteiger charge is 2.17. The van der Waals surface area contributed by atoms with Crippen molar-refractivity contribution in [2.75, 3.05) is 7.11 Å². The molecule has 2 rings (SSSR count). The molecule has 0 aromatic heterocycles. The first kappa shape index (κ1) is 8.81. The van der Waals surface area contributed by atoms with Gasteiger partial charge in [0.1, 0.15) is 12.4 Å². The quantitative estimate of drug-likeness (QED) is 0.499. The molecule has 0 radical (unpaired) electrons. The zero-order valence-corrected chi connectivity index (χ0v) is 7.82. The Hall–Kier alpha value is -1.77. The highest BCUT2D eigenvalue weighted by molar-refractivity contribution is 5.90. The van der Waals surface area contributed by atoms with E-state index < -0.39 is 5.97 Å². The van der Waals surface area contributed by atoms with Gasteiger partial charge < -0.3 is 9.47 Å². The van der Waals surface area contributed by atoms with Crippen molar-refractivity contribution in [3.63, 3.8) is 0 Å². The van der Waals surface area contributed by atoms with Crippen LogP contribution in [0.5, 0.6) is 0 Å². The molecule has 3 heteroatoms. The fourth-order valence-corrected chi connectivity index (χ4v) is 1.41. The monoisotopic (exact) mass is 190 g/mol. The fraction of sp³-hybridized carbons (Fsp3) is 0.182. The topological polar surface area (TPSA) is 35.5 Å². The van der Waals surface area contributed by atoms with Crippen LogP contribution in [0.15, 0.2) is 30.3 Å². The molecular weight excluding hydrogens is 180 g/mol. The lowest BCUT2D eigenvalue weighted by molar-refractivity contribution is -0.134. The van der Waals surface area contributed by atoms with Gasteiger partial charge in [0.05, 0.1) is 13.2 Å². The lowest BCUT2D eigenvalue weighted by atomic mass is 10.1. The largest absolute Gasteiger partial charge is 0.488 e. The van der Waals surface area contributed by atoms with Gasteiger partial charge in [-0.3, -0.25) is 0 Å². The van der Waals surface area contributed by atoms with E-state index in [1.54, 1.807) is 0 Å². The molecule has 1 aromatic carbocycles. The summed E-state index contributed by atoms with van der Waals surface area (Å²) >= 11 is 0. The minimum absolute atomic E-state index is 0.392. The smallest absolute Gasteiger partial charge is 0.334 e. The first-order chi connectivity index (χ1) is 6.81. The summed E-state index contributed by atoms with van der Waals surface area (Å²) in [7, 11) is 1.35. The van der Waals surface area contributed by atoms with Crippen molar-refractivity contribution in [2.45, 2.75) is 6.61 Å². The van der Waals surface area contributed by atoms with Gasteiger partial charge in [0.25, 0.3) is 0 Å². The van der Waals surface area contributed by atoms with Gasteiger partial charge in [0.2, 0.25) is 0 Å². The number of esters is 1. The molecule has 14 heavy (non-hydrogen) atoms.